The van der Waals surface area contributed by atoms with Crippen molar-refractivity contribution < 1.29 is 44.7 Å². The number of alkyl halides is 8. The molecule has 1 aliphatic rings. The number of carbonyl (C=O) groups excluding carboxylic acids is 1. The fourth-order valence-electron chi connectivity index (χ4n) is 3.43. The summed E-state index contributed by atoms with van der Waals surface area (Å²) in [6, 6.07) is 2.63. The summed E-state index contributed by atoms with van der Waals surface area (Å²) in [5.74, 6) is -5.12. The lowest BCUT2D eigenvalue weighted by atomic mass is 9.70. The summed E-state index contributed by atoms with van der Waals surface area (Å²) in [4.78, 5) is 10.9. The minimum atomic E-state index is -5.72. The first-order valence-corrected chi connectivity index (χ1v) is 9.46. The Labute approximate surface area is 178 Å². The van der Waals surface area contributed by atoms with Gasteiger partial charge in [0.05, 0.1) is 6.61 Å². The van der Waals surface area contributed by atoms with E-state index in [1.807, 2.05) is 0 Å². The fraction of sp³-hybridized carbons (Fsp3) is 0.476. The topological polar surface area (TPSA) is 52.3 Å². The van der Waals surface area contributed by atoms with Gasteiger partial charge in [0.25, 0.3) is 0 Å². The van der Waals surface area contributed by atoms with Crippen LogP contribution in [0, 0.1) is 0 Å². The third kappa shape index (κ3) is 5.13. The van der Waals surface area contributed by atoms with Crippen molar-refractivity contribution in [2.45, 2.75) is 55.4 Å². The molecule has 2 rings (SSSR count). The number of carbonyl (C=O) groups is 1. The van der Waals surface area contributed by atoms with Crippen molar-refractivity contribution in [3.05, 3.63) is 53.6 Å². The van der Waals surface area contributed by atoms with E-state index in [2.05, 4.69) is 0 Å². The molecule has 0 saturated heterocycles. The molecule has 3 nitrogen and oxygen atoms in total. The zero-order chi connectivity index (χ0) is 24.4. The first-order valence-electron chi connectivity index (χ1n) is 9.46. The summed E-state index contributed by atoms with van der Waals surface area (Å²) in [7, 11) is 0. The van der Waals surface area contributed by atoms with Gasteiger partial charge in [-0.15, -0.1) is 0 Å². The molecule has 0 spiro atoms. The molecule has 2 unspecified atom stereocenters. The van der Waals surface area contributed by atoms with E-state index in [1.54, 1.807) is 12.2 Å². The molecule has 0 bridgehead atoms. The van der Waals surface area contributed by atoms with Crippen molar-refractivity contribution in [1.29, 1.82) is 0 Å². The zero-order valence-electron chi connectivity index (χ0n) is 16.9. The molecule has 0 radical (unpaired) electrons. The molecule has 1 aliphatic carbocycles. The van der Waals surface area contributed by atoms with Crippen LogP contribution in [0.1, 0.15) is 37.3 Å². The SMILES string of the molecule is CC1(c2cc(OCCCC(F)(F)F)ccc2C(N)(C(F)(F)F)C(F)(F)C=O)C=CC=CC1. The van der Waals surface area contributed by atoms with Gasteiger partial charge in [0.2, 0.25) is 5.54 Å². The highest BCUT2D eigenvalue weighted by Crippen LogP contribution is 2.50. The molecule has 0 aliphatic heterocycles. The first-order chi connectivity index (χ1) is 14.6. The summed E-state index contributed by atoms with van der Waals surface area (Å²) in [5.41, 5.74) is -1.64. The quantitative estimate of drug-likeness (QED) is 0.299. The third-order valence-corrected chi connectivity index (χ3v) is 5.28. The number of hydrogen-bond donors (Lipinski definition) is 1. The van der Waals surface area contributed by atoms with Gasteiger partial charge in [0, 0.05) is 11.8 Å². The average Bonchev–Trinajstić information content (AvgIpc) is 2.69. The lowest BCUT2D eigenvalue weighted by molar-refractivity contribution is -0.248. The van der Waals surface area contributed by atoms with E-state index in [9.17, 15) is 39.9 Å². The van der Waals surface area contributed by atoms with E-state index >= 15 is 0 Å². The van der Waals surface area contributed by atoms with Crippen LogP contribution in [0.4, 0.5) is 35.1 Å². The van der Waals surface area contributed by atoms with E-state index in [0.717, 1.165) is 12.1 Å². The predicted octanol–water partition coefficient (Wildman–Crippen LogP) is 5.73. The molecular weight excluding hydrogens is 450 g/mol. The van der Waals surface area contributed by atoms with Gasteiger partial charge in [-0.05, 0) is 36.1 Å². The van der Waals surface area contributed by atoms with Gasteiger partial charge in [-0.2, -0.15) is 35.1 Å². The van der Waals surface area contributed by atoms with Gasteiger partial charge in [-0.1, -0.05) is 37.3 Å². The molecular formula is C21H21F8NO2. The summed E-state index contributed by atoms with van der Waals surface area (Å²) in [6.07, 6.45) is -6.49. The van der Waals surface area contributed by atoms with Crippen molar-refractivity contribution in [2.24, 2.45) is 5.73 Å². The summed E-state index contributed by atoms with van der Waals surface area (Å²) < 4.78 is 112. The summed E-state index contributed by atoms with van der Waals surface area (Å²) in [6.45, 7) is 1.08. The van der Waals surface area contributed by atoms with Gasteiger partial charge in [0.1, 0.15) is 5.75 Å². The Morgan fingerprint density at radius 2 is 1.75 bits per heavy atom. The first kappa shape index (κ1) is 25.8. The molecule has 32 heavy (non-hydrogen) atoms. The number of hydrogen-bond acceptors (Lipinski definition) is 3. The van der Waals surface area contributed by atoms with Crippen LogP contribution in [-0.4, -0.2) is 31.2 Å². The number of aldehydes is 1. The van der Waals surface area contributed by atoms with Crippen molar-refractivity contribution >= 4 is 6.29 Å². The number of benzene rings is 1. The van der Waals surface area contributed by atoms with Crippen LogP contribution in [0.15, 0.2) is 42.5 Å². The molecule has 0 aromatic heterocycles. The monoisotopic (exact) mass is 471 g/mol. The van der Waals surface area contributed by atoms with E-state index < -0.39 is 60.5 Å². The third-order valence-electron chi connectivity index (χ3n) is 5.28. The van der Waals surface area contributed by atoms with Crippen molar-refractivity contribution in [3.8, 4) is 5.75 Å². The summed E-state index contributed by atoms with van der Waals surface area (Å²) in [5, 5.41) is 0. The van der Waals surface area contributed by atoms with Crippen LogP contribution in [0.2, 0.25) is 0 Å². The fourth-order valence-corrected chi connectivity index (χ4v) is 3.43. The molecule has 11 heteroatoms. The predicted molar refractivity (Wildman–Crippen MR) is 100 cm³/mol. The second-order valence-corrected chi connectivity index (χ2v) is 7.73. The van der Waals surface area contributed by atoms with Crippen LogP contribution >= 0.6 is 0 Å². The second-order valence-electron chi connectivity index (χ2n) is 7.73. The molecule has 0 fully saturated rings. The van der Waals surface area contributed by atoms with Gasteiger partial charge in [0.15, 0.2) is 6.29 Å². The Morgan fingerprint density at radius 3 is 2.25 bits per heavy atom. The Balaban J connectivity index is 2.58. The highest BCUT2D eigenvalue weighted by molar-refractivity contribution is 5.66. The molecule has 0 saturated carbocycles. The lowest BCUT2D eigenvalue weighted by Gasteiger charge is -2.40. The van der Waals surface area contributed by atoms with Crippen molar-refractivity contribution in [2.75, 3.05) is 6.61 Å². The van der Waals surface area contributed by atoms with E-state index in [0.29, 0.717) is 6.07 Å². The van der Waals surface area contributed by atoms with Crippen LogP contribution in [-0.2, 0) is 15.7 Å². The van der Waals surface area contributed by atoms with Crippen LogP contribution in [0.5, 0.6) is 5.75 Å². The maximum absolute atomic E-state index is 14.3. The Kier molecular flexibility index (Phi) is 7.13. The number of ether oxygens (including phenoxy) is 1. The Bertz CT molecular complexity index is 891. The van der Waals surface area contributed by atoms with Gasteiger partial charge in [-0.25, -0.2) is 0 Å². The van der Waals surface area contributed by atoms with E-state index in [-0.39, 0.29) is 17.7 Å². The number of allylic oxidation sites excluding steroid dienone is 4. The molecule has 0 heterocycles. The number of nitrogens with two attached hydrogens (primary N) is 1. The molecule has 1 aromatic carbocycles. The highest BCUT2D eigenvalue weighted by Gasteiger charge is 2.69. The zero-order valence-corrected chi connectivity index (χ0v) is 16.9. The molecule has 178 valence electrons. The minimum absolute atomic E-state index is 0.117. The van der Waals surface area contributed by atoms with Gasteiger partial charge < -0.3 is 10.5 Å². The minimum Gasteiger partial charge on any atom is -0.494 e. The number of rotatable bonds is 8. The molecule has 2 atom stereocenters. The normalized spacial score (nSPS) is 21.3. The summed E-state index contributed by atoms with van der Waals surface area (Å²) >= 11 is 0. The Hall–Kier alpha value is -2.43. The van der Waals surface area contributed by atoms with Crippen LogP contribution in [0.3, 0.4) is 0 Å². The smallest absolute Gasteiger partial charge is 0.417 e. The maximum atomic E-state index is 14.3. The van der Waals surface area contributed by atoms with Crippen molar-refractivity contribution in [1.82, 2.24) is 0 Å². The van der Waals surface area contributed by atoms with Gasteiger partial charge in [-0.3, -0.25) is 4.79 Å². The second kappa shape index (κ2) is 8.84. The maximum Gasteiger partial charge on any atom is 0.417 e. The van der Waals surface area contributed by atoms with E-state index in [4.69, 9.17) is 10.5 Å². The van der Waals surface area contributed by atoms with E-state index in [1.165, 1.54) is 19.1 Å². The van der Waals surface area contributed by atoms with Crippen LogP contribution in [0.25, 0.3) is 0 Å². The lowest BCUT2D eigenvalue weighted by Crippen LogP contribution is -2.64. The number of halogens is 8. The molecule has 2 N–H and O–H groups in total. The largest absolute Gasteiger partial charge is 0.494 e. The molecule has 1 aromatic rings. The van der Waals surface area contributed by atoms with Gasteiger partial charge >= 0.3 is 18.3 Å². The Morgan fingerprint density at radius 1 is 1.09 bits per heavy atom. The molecule has 0 amide bonds. The average molecular weight is 471 g/mol. The standard InChI is InChI=1S/C21H21F8NO2/c1-17(8-3-2-4-9-17)16-12-14(32-11-5-10-19(24,25)26)6-7-15(16)20(30,21(27,28)29)18(22,23)13-31/h2-4,6-8,12-13H,5,9-11,30H2,1H3. The van der Waals surface area contributed by atoms with Crippen LogP contribution < -0.4 is 10.5 Å². The van der Waals surface area contributed by atoms with Crippen molar-refractivity contribution in [3.63, 3.8) is 0 Å². The highest BCUT2D eigenvalue weighted by atomic mass is 19.4.